The highest BCUT2D eigenvalue weighted by Gasteiger charge is 2.23. The zero-order valence-electron chi connectivity index (χ0n) is 11.6. The Morgan fingerprint density at radius 2 is 2.21 bits per heavy atom. The molecule has 0 spiro atoms. The van der Waals surface area contributed by atoms with Crippen molar-refractivity contribution in [2.75, 3.05) is 6.54 Å². The van der Waals surface area contributed by atoms with Gasteiger partial charge in [-0.25, -0.2) is 0 Å². The number of aromatic nitrogens is 2. The van der Waals surface area contributed by atoms with Gasteiger partial charge in [0.15, 0.2) is 0 Å². The smallest absolute Gasteiger partial charge is 0.271 e. The molecule has 1 amide bonds. The first-order chi connectivity index (χ1) is 9.08. The molecule has 1 aromatic rings. The normalized spacial score (nSPS) is 17.9. The van der Waals surface area contributed by atoms with Crippen molar-refractivity contribution in [3.8, 4) is 0 Å². The maximum absolute atomic E-state index is 11.9. The van der Waals surface area contributed by atoms with E-state index in [2.05, 4.69) is 15.5 Å². The number of rotatable bonds is 5. The van der Waals surface area contributed by atoms with Gasteiger partial charge >= 0.3 is 0 Å². The number of amides is 1. The molecule has 1 aromatic heterocycles. The molecule has 1 aliphatic carbocycles. The van der Waals surface area contributed by atoms with Crippen LogP contribution >= 0.6 is 0 Å². The Kier molecular flexibility index (Phi) is 4.58. The molecule has 1 aliphatic rings. The van der Waals surface area contributed by atoms with E-state index in [1.807, 2.05) is 13.8 Å². The number of H-pyrrole nitrogens is 1. The van der Waals surface area contributed by atoms with E-state index in [4.69, 9.17) is 0 Å². The van der Waals surface area contributed by atoms with Crippen molar-refractivity contribution in [2.45, 2.75) is 51.6 Å². The van der Waals surface area contributed by atoms with E-state index in [1.54, 1.807) is 6.07 Å². The van der Waals surface area contributed by atoms with Gasteiger partial charge in [0.2, 0.25) is 0 Å². The van der Waals surface area contributed by atoms with Gasteiger partial charge in [0.05, 0.1) is 6.10 Å². The lowest BCUT2D eigenvalue weighted by atomic mass is 10.0. The highest BCUT2D eigenvalue weighted by molar-refractivity contribution is 5.92. The Bertz CT molecular complexity index is 422. The number of carbonyl (C=O) groups is 1. The molecule has 0 aromatic carbocycles. The maximum Gasteiger partial charge on any atom is 0.271 e. The van der Waals surface area contributed by atoms with E-state index in [0.717, 1.165) is 18.5 Å². The molecule has 0 bridgehead atoms. The minimum atomic E-state index is -0.435. The van der Waals surface area contributed by atoms with Gasteiger partial charge in [-0.05, 0) is 30.7 Å². The first-order valence-corrected chi connectivity index (χ1v) is 7.09. The van der Waals surface area contributed by atoms with Crippen molar-refractivity contribution in [3.63, 3.8) is 0 Å². The zero-order valence-corrected chi connectivity index (χ0v) is 11.6. The molecular formula is C14H23N3O2. The van der Waals surface area contributed by atoms with E-state index in [-0.39, 0.29) is 5.91 Å². The lowest BCUT2D eigenvalue weighted by Gasteiger charge is -2.17. The van der Waals surface area contributed by atoms with Crippen LogP contribution in [0.4, 0.5) is 0 Å². The first kappa shape index (κ1) is 14.1. The second-order valence-electron chi connectivity index (χ2n) is 5.69. The molecular weight excluding hydrogens is 242 g/mol. The van der Waals surface area contributed by atoms with Gasteiger partial charge in [-0.3, -0.25) is 9.89 Å². The highest BCUT2D eigenvalue weighted by atomic mass is 16.3. The van der Waals surface area contributed by atoms with Crippen LogP contribution in [0.5, 0.6) is 0 Å². The second kappa shape index (κ2) is 6.19. The van der Waals surface area contributed by atoms with E-state index < -0.39 is 6.10 Å². The van der Waals surface area contributed by atoms with Gasteiger partial charge < -0.3 is 10.4 Å². The number of aromatic amines is 1. The third-order valence-corrected chi connectivity index (χ3v) is 3.87. The summed E-state index contributed by atoms with van der Waals surface area (Å²) in [4.78, 5) is 11.9. The predicted molar refractivity (Wildman–Crippen MR) is 73.0 cm³/mol. The molecule has 1 fully saturated rings. The van der Waals surface area contributed by atoms with Gasteiger partial charge in [-0.2, -0.15) is 5.10 Å². The molecule has 106 valence electrons. The average Bonchev–Trinajstić information content (AvgIpc) is 3.05. The molecule has 19 heavy (non-hydrogen) atoms. The summed E-state index contributed by atoms with van der Waals surface area (Å²) in [6.45, 7) is 4.39. The molecule has 1 atom stereocenters. The summed E-state index contributed by atoms with van der Waals surface area (Å²) in [6.07, 6.45) is 4.07. The minimum absolute atomic E-state index is 0.222. The van der Waals surface area contributed by atoms with Crippen LogP contribution in [0.15, 0.2) is 6.07 Å². The maximum atomic E-state index is 11.9. The van der Waals surface area contributed by atoms with Gasteiger partial charge in [0.1, 0.15) is 5.69 Å². The summed E-state index contributed by atoms with van der Waals surface area (Å²) in [5.41, 5.74) is 1.34. The summed E-state index contributed by atoms with van der Waals surface area (Å²) in [5.74, 6) is 0.434. The number of nitrogens with zero attached hydrogens (tertiary/aromatic N) is 1. The number of aliphatic hydroxyl groups excluding tert-OH is 1. The SMILES string of the molecule is CC(C)c1cc(C(=O)NCC(O)C2CCCC2)n[nH]1. The van der Waals surface area contributed by atoms with Gasteiger partial charge in [0, 0.05) is 12.2 Å². The lowest BCUT2D eigenvalue weighted by molar-refractivity contribution is 0.0836. The van der Waals surface area contributed by atoms with E-state index in [9.17, 15) is 9.90 Å². The van der Waals surface area contributed by atoms with Crippen molar-refractivity contribution in [1.29, 1.82) is 0 Å². The Morgan fingerprint density at radius 1 is 1.53 bits per heavy atom. The summed E-state index contributed by atoms with van der Waals surface area (Å²) < 4.78 is 0. The van der Waals surface area contributed by atoms with Gasteiger partial charge in [-0.15, -0.1) is 0 Å². The fourth-order valence-corrected chi connectivity index (χ4v) is 2.55. The largest absolute Gasteiger partial charge is 0.391 e. The van der Waals surface area contributed by atoms with Crippen LogP contribution in [-0.4, -0.2) is 33.9 Å². The Morgan fingerprint density at radius 3 is 2.79 bits per heavy atom. The Balaban J connectivity index is 1.83. The Labute approximate surface area is 113 Å². The van der Waals surface area contributed by atoms with Crippen molar-refractivity contribution < 1.29 is 9.90 Å². The van der Waals surface area contributed by atoms with Crippen LogP contribution < -0.4 is 5.32 Å². The van der Waals surface area contributed by atoms with Crippen molar-refractivity contribution in [1.82, 2.24) is 15.5 Å². The van der Waals surface area contributed by atoms with Crippen LogP contribution in [-0.2, 0) is 0 Å². The molecule has 1 heterocycles. The van der Waals surface area contributed by atoms with Crippen molar-refractivity contribution in [2.24, 2.45) is 5.92 Å². The first-order valence-electron chi connectivity index (χ1n) is 7.09. The van der Waals surface area contributed by atoms with Crippen LogP contribution in [0.2, 0.25) is 0 Å². The van der Waals surface area contributed by atoms with E-state index in [1.165, 1.54) is 12.8 Å². The average molecular weight is 265 g/mol. The van der Waals surface area contributed by atoms with Gasteiger partial charge in [0.25, 0.3) is 5.91 Å². The highest BCUT2D eigenvalue weighted by Crippen LogP contribution is 2.27. The number of carbonyl (C=O) groups excluding carboxylic acids is 1. The fraction of sp³-hybridized carbons (Fsp3) is 0.714. The zero-order chi connectivity index (χ0) is 13.8. The Hall–Kier alpha value is -1.36. The standard InChI is InChI=1S/C14H23N3O2/c1-9(2)11-7-12(17-16-11)14(19)15-8-13(18)10-5-3-4-6-10/h7,9-10,13,18H,3-6,8H2,1-2H3,(H,15,19)(H,16,17). The molecule has 0 aliphatic heterocycles. The van der Waals surface area contributed by atoms with Gasteiger partial charge in [-0.1, -0.05) is 26.7 Å². The lowest BCUT2D eigenvalue weighted by Crippen LogP contribution is -2.35. The molecule has 5 nitrogen and oxygen atoms in total. The van der Waals surface area contributed by atoms with E-state index >= 15 is 0 Å². The number of hydrogen-bond donors (Lipinski definition) is 3. The van der Waals surface area contributed by atoms with Crippen LogP contribution in [0.25, 0.3) is 0 Å². The minimum Gasteiger partial charge on any atom is -0.391 e. The third-order valence-electron chi connectivity index (χ3n) is 3.87. The van der Waals surface area contributed by atoms with E-state index in [0.29, 0.717) is 24.1 Å². The summed E-state index contributed by atoms with van der Waals surface area (Å²) in [6, 6.07) is 1.77. The number of aliphatic hydroxyl groups is 1. The molecule has 3 N–H and O–H groups in total. The summed E-state index contributed by atoms with van der Waals surface area (Å²) >= 11 is 0. The predicted octanol–water partition coefficient (Wildman–Crippen LogP) is 1.81. The summed E-state index contributed by atoms with van der Waals surface area (Å²) in [7, 11) is 0. The quantitative estimate of drug-likeness (QED) is 0.760. The topological polar surface area (TPSA) is 78.0 Å². The van der Waals surface area contributed by atoms with Crippen LogP contribution in [0.3, 0.4) is 0 Å². The van der Waals surface area contributed by atoms with Crippen molar-refractivity contribution in [3.05, 3.63) is 17.5 Å². The third kappa shape index (κ3) is 3.56. The molecule has 0 saturated heterocycles. The summed E-state index contributed by atoms with van der Waals surface area (Å²) in [5, 5.41) is 19.6. The fourth-order valence-electron chi connectivity index (χ4n) is 2.55. The molecule has 1 saturated carbocycles. The molecule has 2 rings (SSSR count). The van der Waals surface area contributed by atoms with Crippen molar-refractivity contribution >= 4 is 5.91 Å². The molecule has 5 heteroatoms. The number of nitrogens with one attached hydrogen (secondary N) is 2. The second-order valence-corrected chi connectivity index (χ2v) is 5.69. The van der Waals surface area contributed by atoms with Crippen LogP contribution in [0, 0.1) is 5.92 Å². The monoisotopic (exact) mass is 265 g/mol. The molecule has 0 radical (unpaired) electrons. The molecule has 1 unspecified atom stereocenters. The van der Waals surface area contributed by atoms with Crippen LogP contribution in [0.1, 0.15) is 61.6 Å². The number of hydrogen-bond acceptors (Lipinski definition) is 3.